The molecule has 19 heavy (non-hydrogen) atoms. The van der Waals surface area contributed by atoms with E-state index in [-0.39, 0.29) is 11.7 Å². The zero-order valence-corrected chi connectivity index (χ0v) is 12.2. The van der Waals surface area contributed by atoms with Gasteiger partial charge in [-0.1, -0.05) is 19.0 Å². The molecule has 6 heteroatoms. The van der Waals surface area contributed by atoms with Crippen LogP contribution in [0.2, 0.25) is 0 Å². The van der Waals surface area contributed by atoms with Gasteiger partial charge in [0.25, 0.3) is 0 Å². The number of nitrogens with zero attached hydrogens (tertiary/aromatic N) is 2. The lowest BCUT2D eigenvalue weighted by Crippen LogP contribution is -2.17. The first-order valence-electron chi connectivity index (χ1n) is 5.93. The number of aliphatic hydroxyl groups is 1. The quantitative estimate of drug-likeness (QED) is 0.936. The molecule has 0 saturated carbocycles. The van der Waals surface area contributed by atoms with Crippen LogP contribution in [0.15, 0.2) is 27.2 Å². The fourth-order valence-electron chi connectivity index (χ4n) is 1.53. The Hall–Kier alpha value is -1.27. The average Bonchev–Trinajstić information content (AvgIpc) is 2.77. The van der Waals surface area contributed by atoms with Crippen molar-refractivity contribution < 1.29 is 14.0 Å². The van der Waals surface area contributed by atoms with Crippen molar-refractivity contribution in [3.8, 4) is 11.4 Å². The number of hydrogen-bond donors (Lipinski definition) is 1. The number of aromatic nitrogens is 2. The molecule has 1 heterocycles. The molecule has 0 aliphatic carbocycles. The van der Waals surface area contributed by atoms with Gasteiger partial charge in [0.05, 0.1) is 12.5 Å². The van der Waals surface area contributed by atoms with Crippen LogP contribution in [0.1, 0.15) is 19.7 Å². The van der Waals surface area contributed by atoms with Crippen molar-refractivity contribution in [2.75, 3.05) is 0 Å². The molecule has 102 valence electrons. The highest BCUT2D eigenvalue weighted by atomic mass is 79.9. The Morgan fingerprint density at radius 3 is 2.79 bits per heavy atom. The molecule has 0 fully saturated rings. The number of aliphatic hydroxyl groups excluding tert-OH is 1. The summed E-state index contributed by atoms with van der Waals surface area (Å²) < 4.78 is 18.7. The van der Waals surface area contributed by atoms with E-state index < -0.39 is 6.10 Å². The predicted octanol–water partition coefficient (Wildman–Crippen LogP) is 3.20. The monoisotopic (exact) mass is 328 g/mol. The molecule has 1 aromatic heterocycles. The van der Waals surface area contributed by atoms with Crippen molar-refractivity contribution in [2.24, 2.45) is 5.92 Å². The standard InChI is InChI=1S/C13H14BrFN2O2/c1-7(2)11(18)6-12-16-13(17-19-12)9-4-3-8(15)5-10(9)14/h3-5,7,11,18H,6H2,1-2H3. The zero-order chi connectivity index (χ0) is 14.0. The van der Waals surface area contributed by atoms with Crippen LogP contribution in [-0.2, 0) is 6.42 Å². The third-order valence-corrected chi connectivity index (χ3v) is 3.45. The lowest BCUT2D eigenvalue weighted by atomic mass is 10.0. The highest BCUT2D eigenvalue weighted by Gasteiger charge is 2.17. The molecule has 0 radical (unpaired) electrons. The average molecular weight is 329 g/mol. The Morgan fingerprint density at radius 2 is 2.16 bits per heavy atom. The number of hydrogen-bond acceptors (Lipinski definition) is 4. The van der Waals surface area contributed by atoms with Crippen LogP contribution in [0.5, 0.6) is 0 Å². The molecule has 0 amide bonds. The second-order valence-corrected chi connectivity index (χ2v) is 5.51. The smallest absolute Gasteiger partial charge is 0.229 e. The molecule has 2 aromatic rings. The van der Waals surface area contributed by atoms with E-state index in [1.165, 1.54) is 12.1 Å². The summed E-state index contributed by atoms with van der Waals surface area (Å²) in [7, 11) is 0. The minimum atomic E-state index is -0.523. The molecular weight excluding hydrogens is 315 g/mol. The van der Waals surface area contributed by atoms with Crippen LogP contribution in [0.4, 0.5) is 4.39 Å². The SMILES string of the molecule is CC(C)C(O)Cc1nc(-c2ccc(F)cc2Br)no1. The second-order valence-electron chi connectivity index (χ2n) is 4.65. The van der Waals surface area contributed by atoms with E-state index in [0.29, 0.717) is 28.2 Å². The first kappa shape index (κ1) is 14.1. The van der Waals surface area contributed by atoms with Gasteiger partial charge in [0.2, 0.25) is 11.7 Å². The molecular formula is C13H14BrFN2O2. The summed E-state index contributed by atoms with van der Waals surface area (Å²) in [5.41, 5.74) is 0.649. The van der Waals surface area contributed by atoms with Crippen molar-refractivity contribution in [1.82, 2.24) is 10.1 Å². The minimum Gasteiger partial charge on any atom is -0.392 e. The third kappa shape index (κ3) is 3.39. The van der Waals surface area contributed by atoms with Crippen molar-refractivity contribution in [2.45, 2.75) is 26.4 Å². The molecule has 4 nitrogen and oxygen atoms in total. The number of rotatable bonds is 4. The summed E-state index contributed by atoms with van der Waals surface area (Å²) in [6.45, 7) is 3.83. The van der Waals surface area contributed by atoms with E-state index >= 15 is 0 Å². The van der Waals surface area contributed by atoms with E-state index in [1.807, 2.05) is 13.8 Å². The predicted molar refractivity (Wildman–Crippen MR) is 71.9 cm³/mol. The van der Waals surface area contributed by atoms with Crippen molar-refractivity contribution >= 4 is 15.9 Å². The molecule has 1 aromatic carbocycles. The Kier molecular flexibility index (Phi) is 4.31. The van der Waals surface area contributed by atoms with Crippen molar-refractivity contribution in [3.05, 3.63) is 34.4 Å². The fraction of sp³-hybridized carbons (Fsp3) is 0.385. The van der Waals surface area contributed by atoms with Crippen LogP contribution >= 0.6 is 15.9 Å². The van der Waals surface area contributed by atoms with Gasteiger partial charge in [0, 0.05) is 10.0 Å². The van der Waals surface area contributed by atoms with Gasteiger partial charge in [-0.15, -0.1) is 0 Å². The molecule has 0 aliphatic heterocycles. The van der Waals surface area contributed by atoms with Gasteiger partial charge in [0.15, 0.2) is 0 Å². The Labute approximate surface area is 118 Å². The second kappa shape index (κ2) is 5.79. The van der Waals surface area contributed by atoms with E-state index in [9.17, 15) is 9.50 Å². The largest absolute Gasteiger partial charge is 0.392 e. The summed E-state index contributed by atoms with van der Waals surface area (Å²) in [6.07, 6.45) is -0.214. The van der Waals surface area contributed by atoms with Crippen LogP contribution < -0.4 is 0 Å². The van der Waals surface area contributed by atoms with Crippen LogP contribution in [0, 0.1) is 11.7 Å². The van der Waals surface area contributed by atoms with Crippen molar-refractivity contribution in [1.29, 1.82) is 0 Å². The fourth-order valence-corrected chi connectivity index (χ4v) is 2.06. The molecule has 2 rings (SSSR count). The summed E-state index contributed by atoms with van der Waals surface area (Å²) >= 11 is 3.26. The maximum absolute atomic E-state index is 13.0. The topological polar surface area (TPSA) is 59.2 Å². The number of halogens is 2. The van der Waals surface area contributed by atoms with Gasteiger partial charge in [0.1, 0.15) is 5.82 Å². The number of benzene rings is 1. The lowest BCUT2D eigenvalue weighted by Gasteiger charge is -2.10. The Morgan fingerprint density at radius 1 is 1.42 bits per heavy atom. The minimum absolute atomic E-state index is 0.118. The summed E-state index contributed by atoms with van der Waals surface area (Å²) in [4.78, 5) is 4.20. The van der Waals surface area contributed by atoms with Gasteiger partial charge in [-0.25, -0.2) is 4.39 Å². The van der Waals surface area contributed by atoms with E-state index in [4.69, 9.17) is 4.52 Å². The zero-order valence-electron chi connectivity index (χ0n) is 10.6. The Balaban J connectivity index is 2.21. The maximum atomic E-state index is 13.0. The summed E-state index contributed by atoms with van der Waals surface area (Å²) in [5, 5.41) is 13.6. The van der Waals surface area contributed by atoms with Gasteiger partial charge >= 0.3 is 0 Å². The molecule has 1 N–H and O–H groups in total. The van der Waals surface area contributed by atoms with Gasteiger partial charge in [-0.05, 0) is 40.0 Å². The van der Waals surface area contributed by atoms with Gasteiger partial charge in [-0.2, -0.15) is 4.98 Å². The van der Waals surface area contributed by atoms with Gasteiger partial charge in [-0.3, -0.25) is 0 Å². The van der Waals surface area contributed by atoms with Crippen LogP contribution in [0.3, 0.4) is 0 Å². The van der Waals surface area contributed by atoms with Crippen LogP contribution in [0.25, 0.3) is 11.4 Å². The highest BCUT2D eigenvalue weighted by molar-refractivity contribution is 9.10. The maximum Gasteiger partial charge on any atom is 0.229 e. The normalized spacial score (nSPS) is 12.9. The Bertz CT molecular complexity index is 572. The van der Waals surface area contributed by atoms with E-state index in [1.54, 1.807) is 6.07 Å². The van der Waals surface area contributed by atoms with Gasteiger partial charge < -0.3 is 9.63 Å². The lowest BCUT2D eigenvalue weighted by molar-refractivity contribution is 0.116. The third-order valence-electron chi connectivity index (χ3n) is 2.79. The first-order chi connectivity index (χ1) is 8.97. The van der Waals surface area contributed by atoms with Crippen molar-refractivity contribution in [3.63, 3.8) is 0 Å². The molecule has 0 aliphatic rings. The molecule has 1 atom stereocenters. The highest BCUT2D eigenvalue weighted by Crippen LogP contribution is 2.26. The molecule has 0 spiro atoms. The summed E-state index contributed by atoms with van der Waals surface area (Å²) in [6, 6.07) is 4.25. The first-order valence-corrected chi connectivity index (χ1v) is 6.72. The van der Waals surface area contributed by atoms with E-state index in [0.717, 1.165) is 0 Å². The van der Waals surface area contributed by atoms with E-state index in [2.05, 4.69) is 26.1 Å². The molecule has 1 unspecified atom stereocenters. The molecule has 0 saturated heterocycles. The molecule has 0 bridgehead atoms. The van der Waals surface area contributed by atoms with Crippen LogP contribution in [-0.4, -0.2) is 21.4 Å². The summed E-state index contributed by atoms with van der Waals surface area (Å²) in [5.74, 6) is 0.521.